The van der Waals surface area contributed by atoms with Gasteiger partial charge in [-0.3, -0.25) is 0 Å². The number of hydrogen-bond donors (Lipinski definition) is 0. The van der Waals surface area contributed by atoms with E-state index in [9.17, 15) is 26.3 Å². The van der Waals surface area contributed by atoms with Gasteiger partial charge in [0.15, 0.2) is 0 Å². The highest BCUT2D eigenvalue weighted by molar-refractivity contribution is 5.71. The Hall–Kier alpha value is -1.98. The van der Waals surface area contributed by atoms with Crippen molar-refractivity contribution in [2.45, 2.75) is 26.2 Å². The average Bonchev–Trinajstić information content (AvgIpc) is 2.37. The molecule has 0 nitrogen and oxygen atoms in total. The van der Waals surface area contributed by atoms with Gasteiger partial charge >= 0.3 is 12.4 Å². The molecule has 0 radical (unpaired) electrons. The molecular formula is C16H12F6. The van der Waals surface area contributed by atoms with Crippen LogP contribution in [0.25, 0.3) is 11.1 Å². The first-order valence-corrected chi connectivity index (χ1v) is 6.36. The van der Waals surface area contributed by atoms with Crippen LogP contribution >= 0.6 is 0 Å². The molecule has 0 bridgehead atoms. The number of aryl methyl sites for hydroxylation is 2. The standard InChI is InChI=1S/C16H12F6/c1-9-3-4-12(16(20,21)22)8-14(9)13-6-5-11(7-10(13)2)15(17,18)19/h3-8H,1-2H3. The van der Waals surface area contributed by atoms with Gasteiger partial charge in [0.05, 0.1) is 11.1 Å². The highest BCUT2D eigenvalue weighted by atomic mass is 19.4. The van der Waals surface area contributed by atoms with Crippen molar-refractivity contribution in [2.24, 2.45) is 0 Å². The summed E-state index contributed by atoms with van der Waals surface area (Å²) in [6.07, 6.45) is -8.98. The van der Waals surface area contributed by atoms with Crippen molar-refractivity contribution in [3.63, 3.8) is 0 Å². The van der Waals surface area contributed by atoms with Crippen LogP contribution in [0.15, 0.2) is 36.4 Å². The molecular weight excluding hydrogens is 306 g/mol. The number of hydrogen-bond acceptors (Lipinski definition) is 0. The Morgan fingerprint density at radius 3 is 1.59 bits per heavy atom. The lowest BCUT2D eigenvalue weighted by molar-refractivity contribution is -0.138. The first-order chi connectivity index (χ1) is 10.00. The highest BCUT2D eigenvalue weighted by Crippen LogP contribution is 2.37. The molecule has 0 heterocycles. The van der Waals surface area contributed by atoms with Crippen LogP contribution in [0.3, 0.4) is 0 Å². The fraction of sp³-hybridized carbons (Fsp3) is 0.250. The maximum Gasteiger partial charge on any atom is 0.416 e. The summed E-state index contributed by atoms with van der Waals surface area (Å²) in [5, 5.41) is 0. The SMILES string of the molecule is Cc1cc(C(F)(F)F)ccc1-c1cc(C(F)(F)F)ccc1C. The molecule has 22 heavy (non-hydrogen) atoms. The number of rotatable bonds is 1. The van der Waals surface area contributed by atoms with E-state index in [4.69, 9.17) is 0 Å². The zero-order valence-corrected chi connectivity index (χ0v) is 11.7. The molecule has 0 fully saturated rings. The molecule has 0 saturated heterocycles. The zero-order chi connectivity index (χ0) is 16.7. The molecule has 0 aliphatic heterocycles. The van der Waals surface area contributed by atoms with E-state index in [-0.39, 0.29) is 11.1 Å². The van der Waals surface area contributed by atoms with Gasteiger partial charge in [0.2, 0.25) is 0 Å². The summed E-state index contributed by atoms with van der Waals surface area (Å²) in [6.45, 7) is 3.07. The van der Waals surface area contributed by atoms with Crippen LogP contribution in [0.5, 0.6) is 0 Å². The van der Waals surface area contributed by atoms with Crippen molar-refractivity contribution < 1.29 is 26.3 Å². The van der Waals surface area contributed by atoms with Crippen LogP contribution in [-0.4, -0.2) is 0 Å². The summed E-state index contributed by atoms with van der Waals surface area (Å²) in [6, 6.07) is 6.26. The zero-order valence-electron chi connectivity index (χ0n) is 11.7. The molecule has 0 aromatic heterocycles. The Morgan fingerprint density at radius 2 is 1.09 bits per heavy atom. The van der Waals surface area contributed by atoms with E-state index in [2.05, 4.69) is 0 Å². The van der Waals surface area contributed by atoms with Gasteiger partial charge in [-0.25, -0.2) is 0 Å². The Balaban J connectivity index is 2.57. The van der Waals surface area contributed by atoms with Gasteiger partial charge in [-0.05, 0) is 60.4 Å². The maximum atomic E-state index is 12.8. The summed E-state index contributed by atoms with van der Waals surface area (Å²) in [5.74, 6) is 0. The maximum absolute atomic E-state index is 12.8. The fourth-order valence-electron chi connectivity index (χ4n) is 2.23. The molecule has 0 N–H and O–H groups in total. The van der Waals surface area contributed by atoms with Gasteiger partial charge in [0.25, 0.3) is 0 Å². The Morgan fingerprint density at radius 1 is 0.591 bits per heavy atom. The summed E-state index contributed by atoms with van der Waals surface area (Å²) in [4.78, 5) is 0. The third-order valence-electron chi connectivity index (χ3n) is 3.41. The molecule has 6 heteroatoms. The monoisotopic (exact) mass is 318 g/mol. The van der Waals surface area contributed by atoms with Crippen LogP contribution in [0.4, 0.5) is 26.3 Å². The second-order valence-electron chi connectivity index (χ2n) is 5.05. The molecule has 2 aromatic carbocycles. The number of halogens is 6. The van der Waals surface area contributed by atoms with Crippen molar-refractivity contribution in [1.82, 2.24) is 0 Å². The topological polar surface area (TPSA) is 0 Å². The van der Waals surface area contributed by atoms with E-state index in [0.717, 1.165) is 24.3 Å². The normalized spacial score (nSPS) is 12.5. The van der Waals surface area contributed by atoms with Crippen LogP contribution in [-0.2, 0) is 12.4 Å². The molecule has 0 amide bonds. The van der Waals surface area contributed by atoms with Crippen LogP contribution < -0.4 is 0 Å². The first-order valence-electron chi connectivity index (χ1n) is 6.36. The average molecular weight is 318 g/mol. The molecule has 0 unspecified atom stereocenters. The second kappa shape index (κ2) is 5.34. The Kier molecular flexibility index (Phi) is 3.98. The minimum Gasteiger partial charge on any atom is -0.166 e. The molecule has 118 valence electrons. The smallest absolute Gasteiger partial charge is 0.166 e. The number of benzene rings is 2. The lowest BCUT2D eigenvalue weighted by Crippen LogP contribution is -2.06. The summed E-state index contributed by atoms with van der Waals surface area (Å²) >= 11 is 0. The van der Waals surface area contributed by atoms with E-state index in [1.165, 1.54) is 19.1 Å². The van der Waals surface area contributed by atoms with Gasteiger partial charge in [-0.1, -0.05) is 12.1 Å². The predicted octanol–water partition coefficient (Wildman–Crippen LogP) is 6.01. The van der Waals surface area contributed by atoms with E-state index >= 15 is 0 Å². The highest BCUT2D eigenvalue weighted by Gasteiger charge is 2.32. The lowest BCUT2D eigenvalue weighted by atomic mass is 9.93. The predicted molar refractivity (Wildman–Crippen MR) is 71.4 cm³/mol. The van der Waals surface area contributed by atoms with Crippen molar-refractivity contribution >= 4 is 0 Å². The Labute approximate surface area is 123 Å². The molecule has 0 atom stereocenters. The third-order valence-corrected chi connectivity index (χ3v) is 3.41. The van der Waals surface area contributed by atoms with E-state index in [1.54, 1.807) is 6.92 Å². The minimum atomic E-state index is -4.50. The first kappa shape index (κ1) is 16.4. The second-order valence-corrected chi connectivity index (χ2v) is 5.05. The van der Waals surface area contributed by atoms with Crippen LogP contribution in [0, 0.1) is 13.8 Å². The molecule has 2 rings (SSSR count). The largest absolute Gasteiger partial charge is 0.416 e. The fourth-order valence-corrected chi connectivity index (χ4v) is 2.23. The molecule has 2 aromatic rings. The van der Waals surface area contributed by atoms with Gasteiger partial charge in [-0.15, -0.1) is 0 Å². The minimum absolute atomic E-state index is 0.275. The molecule has 0 aliphatic carbocycles. The van der Waals surface area contributed by atoms with Crippen LogP contribution in [0.2, 0.25) is 0 Å². The van der Waals surface area contributed by atoms with Crippen LogP contribution in [0.1, 0.15) is 22.3 Å². The third kappa shape index (κ3) is 3.26. The summed E-state index contributed by atoms with van der Waals surface area (Å²) < 4.78 is 76.3. The number of alkyl halides is 6. The quantitative estimate of drug-likeness (QED) is 0.565. The van der Waals surface area contributed by atoms with Gasteiger partial charge in [0, 0.05) is 0 Å². The van der Waals surface area contributed by atoms with Gasteiger partial charge in [0.1, 0.15) is 0 Å². The molecule has 0 saturated carbocycles. The summed E-state index contributed by atoms with van der Waals surface area (Å²) in [7, 11) is 0. The van der Waals surface area contributed by atoms with Crippen molar-refractivity contribution in [1.29, 1.82) is 0 Å². The lowest BCUT2D eigenvalue weighted by Gasteiger charge is -2.15. The summed E-state index contributed by atoms with van der Waals surface area (Å²) in [5.41, 5.74) is -0.170. The van der Waals surface area contributed by atoms with E-state index in [0.29, 0.717) is 11.1 Å². The van der Waals surface area contributed by atoms with Crippen molar-refractivity contribution in [3.05, 3.63) is 58.7 Å². The Bertz CT molecular complexity index is 695. The van der Waals surface area contributed by atoms with Crippen molar-refractivity contribution in [3.8, 4) is 11.1 Å². The van der Waals surface area contributed by atoms with Crippen molar-refractivity contribution in [2.75, 3.05) is 0 Å². The van der Waals surface area contributed by atoms with E-state index in [1.807, 2.05) is 0 Å². The van der Waals surface area contributed by atoms with E-state index < -0.39 is 23.5 Å². The van der Waals surface area contributed by atoms with Gasteiger partial charge in [-0.2, -0.15) is 26.3 Å². The van der Waals surface area contributed by atoms with Gasteiger partial charge < -0.3 is 0 Å². The molecule has 0 spiro atoms. The molecule has 0 aliphatic rings.